The number of carbonyl (C=O) groups is 2. The third-order valence-corrected chi connectivity index (χ3v) is 3.04. The Hall–Kier alpha value is -2.69. The second kappa shape index (κ2) is 7.19. The smallest absolute Gasteiger partial charge is 0.236 e. The Bertz CT molecular complexity index is 599. The average Bonchev–Trinajstić information content (AvgIpc) is 2.54. The van der Waals surface area contributed by atoms with E-state index in [1.165, 1.54) is 4.90 Å². The molecule has 0 saturated heterocycles. The van der Waals surface area contributed by atoms with E-state index in [2.05, 4.69) is 10.3 Å². The van der Waals surface area contributed by atoms with E-state index in [1.807, 2.05) is 36.4 Å². The van der Waals surface area contributed by atoms with Crippen LogP contribution in [-0.4, -0.2) is 23.8 Å². The van der Waals surface area contributed by atoms with Crippen molar-refractivity contribution in [1.82, 2.24) is 10.3 Å². The van der Waals surface area contributed by atoms with Crippen LogP contribution in [0.1, 0.15) is 12.0 Å². The summed E-state index contributed by atoms with van der Waals surface area (Å²) >= 11 is 0. The number of hydrogen-bond donors (Lipinski definition) is 1. The van der Waals surface area contributed by atoms with Gasteiger partial charge in [-0.25, -0.2) is 0 Å². The molecule has 0 atom stereocenters. The number of para-hydroxylation sites is 1. The third-order valence-electron chi connectivity index (χ3n) is 3.04. The van der Waals surface area contributed by atoms with Gasteiger partial charge in [0.05, 0.1) is 0 Å². The van der Waals surface area contributed by atoms with Crippen molar-refractivity contribution in [3.8, 4) is 0 Å². The standard InChI is InChI=1S/C16H17N3O2/c1-19(14-7-3-2-4-8-14)16(21)10-15(20)18-12-13-6-5-9-17-11-13/h2-9,11H,10,12H2,1H3,(H,18,20). The molecule has 2 rings (SSSR count). The summed E-state index contributed by atoms with van der Waals surface area (Å²) in [7, 11) is 1.66. The van der Waals surface area contributed by atoms with Crippen LogP contribution in [0, 0.1) is 0 Å². The fourth-order valence-corrected chi connectivity index (χ4v) is 1.82. The van der Waals surface area contributed by atoms with E-state index >= 15 is 0 Å². The van der Waals surface area contributed by atoms with Crippen LogP contribution in [-0.2, 0) is 16.1 Å². The first-order chi connectivity index (χ1) is 10.2. The van der Waals surface area contributed by atoms with E-state index in [0.717, 1.165) is 11.3 Å². The summed E-state index contributed by atoms with van der Waals surface area (Å²) in [6.45, 7) is 0.370. The fourth-order valence-electron chi connectivity index (χ4n) is 1.82. The Morgan fingerprint density at radius 2 is 1.90 bits per heavy atom. The average molecular weight is 283 g/mol. The highest BCUT2D eigenvalue weighted by Crippen LogP contribution is 2.11. The number of hydrogen-bond acceptors (Lipinski definition) is 3. The maximum absolute atomic E-state index is 12.0. The molecule has 0 radical (unpaired) electrons. The van der Waals surface area contributed by atoms with Crippen molar-refractivity contribution in [3.05, 3.63) is 60.4 Å². The Labute approximate surface area is 123 Å². The molecule has 0 aliphatic heterocycles. The molecule has 0 aliphatic carbocycles. The normalized spacial score (nSPS) is 9.95. The highest BCUT2D eigenvalue weighted by molar-refractivity contribution is 6.04. The molecule has 1 N–H and O–H groups in total. The molecule has 2 aromatic rings. The van der Waals surface area contributed by atoms with Crippen molar-refractivity contribution in [3.63, 3.8) is 0 Å². The predicted molar refractivity (Wildman–Crippen MR) is 80.6 cm³/mol. The van der Waals surface area contributed by atoms with Gasteiger partial charge < -0.3 is 10.2 Å². The van der Waals surface area contributed by atoms with Gasteiger partial charge in [-0.2, -0.15) is 0 Å². The molecule has 5 nitrogen and oxygen atoms in total. The zero-order chi connectivity index (χ0) is 15.1. The van der Waals surface area contributed by atoms with Crippen molar-refractivity contribution in [2.75, 3.05) is 11.9 Å². The highest BCUT2D eigenvalue weighted by Gasteiger charge is 2.14. The van der Waals surface area contributed by atoms with Crippen molar-refractivity contribution >= 4 is 17.5 Å². The van der Waals surface area contributed by atoms with Crippen LogP contribution in [0.4, 0.5) is 5.69 Å². The molecule has 21 heavy (non-hydrogen) atoms. The maximum Gasteiger partial charge on any atom is 0.236 e. The van der Waals surface area contributed by atoms with Crippen LogP contribution in [0.25, 0.3) is 0 Å². The zero-order valence-corrected chi connectivity index (χ0v) is 11.8. The lowest BCUT2D eigenvalue weighted by Crippen LogP contribution is -2.33. The van der Waals surface area contributed by atoms with E-state index in [0.29, 0.717) is 6.54 Å². The minimum Gasteiger partial charge on any atom is -0.352 e. The number of carbonyl (C=O) groups excluding carboxylic acids is 2. The van der Waals surface area contributed by atoms with Crippen LogP contribution in [0.15, 0.2) is 54.9 Å². The zero-order valence-electron chi connectivity index (χ0n) is 11.8. The molecule has 0 unspecified atom stereocenters. The van der Waals surface area contributed by atoms with Gasteiger partial charge in [-0.05, 0) is 23.8 Å². The first-order valence-electron chi connectivity index (χ1n) is 6.64. The highest BCUT2D eigenvalue weighted by atomic mass is 16.2. The van der Waals surface area contributed by atoms with Crippen LogP contribution < -0.4 is 10.2 Å². The number of rotatable bonds is 5. The first kappa shape index (κ1) is 14.7. The largest absolute Gasteiger partial charge is 0.352 e. The van der Waals surface area contributed by atoms with Gasteiger partial charge in [-0.15, -0.1) is 0 Å². The van der Waals surface area contributed by atoms with Crippen LogP contribution >= 0.6 is 0 Å². The SMILES string of the molecule is CN(C(=O)CC(=O)NCc1cccnc1)c1ccccc1. The molecule has 2 amide bonds. The molecule has 0 fully saturated rings. The molecule has 0 bridgehead atoms. The Balaban J connectivity index is 1.83. The molecule has 1 heterocycles. The lowest BCUT2D eigenvalue weighted by atomic mass is 10.2. The molecule has 5 heteroatoms. The van der Waals surface area contributed by atoms with Gasteiger partial charge >= 0.3 is 0 Å². The van der Waals surface area contributed by atoms with E-state index in [-0.39, 0.29) is 18.2 Å². The van der Waals surface area contributed by atoms with Crippen LogP contribution in [0.5, 0.6) is 0 Å². The minimum absolute atomic E-state index is 0.175. The van der Waals surface area contributed by atoms with E-state index < -0.39 is 0 Å². The molecule has 0 spiro atoms. The van der Waals surface area contributed by atoms with E-state index in [1.54, 1.807) is 25.5 Å². The molecule has 1 aromatic heterocycles. The third kappa shape index (κ3) is 4.42. The predicted octanol–water partition coefficient (Wildman–Crippen LogP) is 1.75. The molecule has 0 aliphatic rings. The fraction of sp³-hybridized carbons (Fsp3) is 0.188. The molecular formula is C16H17N3O2. The summed E-state index contributed by atoms with van der Waals surface area (Å²) in [5.41, 5.74) is 1.66. The summed E-state index contributed by atoms with van der Waals surface area (Å²) in [6.07, 6.45) is 3.17. The second-order valence-corrected chi connectivity index (χ2v) is 4.60. The molecule has 0 saturated carbocycles. The quantitative estimate of drug-likeness (QED) is 0.850. The number of nitrogens with one attached hydrogen (secondary N) is 1. The molecule has 1 aromatic carbocycles. The van der Waals surface area contributed by atoms with E-state index in [4.69, 9.17) is 0 Å². The van der Waals surface area contributed by atoms with Crippen LogP contribution in [0.2, 0.25) is 0 Å². The van der Waals surface area contributed by atoms with Gasteiger partial charge in [0.1, 0.15) is 6.42 Å². The number of pyridine rings is 1. The number of benzene rings is 1. The Morgan fingerprint density at radius 1 is 1.14 bits per heavy atom. The van der Waals surface area contributed by atoms with Crippen molar-refractivity contribution in [2.24, 2.45) is 0 Å². The Morgan fingerprint density at radius 3 is 2.57 bits per heavy atom. The van der Waals surface area contributed by atoms with Crippen molar-refractivity contribution < 1.29 is 9.59 Å². The number of amides is 2. The summed E-state index contributed by atoms with van der Waals surface area (Å²) < 4.78 is 0. The van der Waals surface area contributed by atoms with Crippen LogP contribution in [0.3, 0.4) is 0 Å². The van der Waals surface area contributed by atoms with Gasteiger partial charge in [-0.1, -0.05) is 24.3 Å². The van der Waals surface area contributed by atoms with Crippen molar-refractivity contribution in [2.45, 2.75) is 13.0 Å². The van der Waals surface area contributed by atoms with Gasteiger partial charge in [0.25, 0.3) is 0 Å². The van der Waals surface area contributed by atoms with Crippen molar-refractivity contribution in [1.29, 1.82) is 0 Å². The maximum atomic E-state index is 12.0. The number of nitrogens with zero attached hydrogens (tertiary/aromatic N) is 2. The lowest BCUT2D eigenvalue weighted by Gasteiger charge is -2.17. The van der Waals surface area contributed by atoms with Gasteiger partial charge in [-0.3, -0.25) is 14.6 Å². The Kier molecular flexibility index (Phi) is 5.04. The number of anilines is 1. The lowest BCUT2D eigenvalue weighted by molar-refractivity contribution is -0.127. The molecular weight excluding hydrogens is 266 g/mol. The van der Waals surface area contributed by atoms with Gasteiger partial charge in [0.2, 0.25) is 11.8 Å². The second-order valence-electron chi connectivity index (χ2n) is 4.60. The topological polar surface area (TPSA) is 62.3 Å². The summed E-state index contributed by atoms with van der Waals surface area (Å²) in [5.74, 6) is -0.545. The monoisotopic (exact) mass is 283 g/mol. The summed E-state index contributed by atoms with van der Waals surface area (Å²) in [6, 6.07) is 12.9. The minimum atomic E-state index is -0.299. The summed E-state index contributed by atoms with van der Waals surface area (Å²) in [5, 5.41) is 2.71. The first-order valence-corrected chi connectivity index (χ1v) is 6.64. The number of aromatic nitrogens is 1. The molecule has 108 valence electrons. The summed E-state index contributed by atoms with van der Waals surface area (Å²) in [4.78, 5) is 29.2. The van der Waals surface area contributed by atoms with E-state index in [9.17, 15) is 9.59 Å². The van der Waals surface area contributed by atoms with Gasteiger partial charge in [0.15, 0.2) is 0 Å². The van der Waals surface area contributed by atoms with Gasteiger partial charge in [0, 0.05) is 31.7 Å².